The number of benzene rings is 2. The van der Waals surface area contributed by atoms with Gasteiger partial charge in [0, 0.05) is 17.5 Å². The number of carbonyl (C=O) groups is 3. The highest BCUT2D eigenvalue weighted by molar-refractivity contribution is 8.00. The fourth-order valence-corrected chi connectivity index (χ4v) is 8.30. The Kier molecular flexibility index (Phi) is 12.8. The number of thioether (sulfide) groups is 2. The van der Waals surface area contributed by atoms with Gasteiger partial charge in [0.1, 0.15) is 23.1 Å². The summed E-state index contributed by atoms with van der Waals surface area (Å²) in [6, 6.07) is 13.2. The normalized spacial score (nSPS) is 18.6. The molecule has 3 N–H and O–H groups in total. The van der Waals surface area contributed by atoms with Crippen LogP contribution in [0.3, 0.4) is 0 Å². The van der Waals surface area contributed by atoms with Gasteiger partial charge in [0.2, 0.25) is 5.91 Å². The van der Waals surface area contributed by atoms with E-state index in [2.05, 4.69) is 10.6 Å². The van der Waals surface area contributed by atoms with Crippen LogP contribution in [0.4, 0.5) is 4.79 Å². The van der Waals surface area contributed by atoms with Crippen LogP contribution >= 0.6 is 23.5 Å². The molecule has 1 aliphatic heterocycles. The van der Waals surface area contributed by atoms with Crippen molar-refractivity contribution in [1.82, 2.24) is 15.5 Å². The Bertz CT molecular complexity index is 1280. The summed E-state index contributed by atoms with van der Waals surface area (Å²) < 4.78 is 11.0. The number of methoxy groups -OCH3 is 1. The Morgan fingerprint density at radius 3 is 2.44 bits per heavy atom. The fourth-order valence-electron chi connectivity index (χ4n) is 5.60. The van der Waals surface area contributed by atoms with Crippen LogP contribution in [0.2, 0.25) is 0 Å². The van der Waals surface area contributed by atoms with Crippen LogP contribution in [-0.4, -0.2) is 81.9 Å². The van der Waals surface area contributed by atoms with Crippen LogP contribution < -0.4 is 15.4 Å². The molecule has 4 rings (SSSR count). The van der Waals surface area contributed by atoms with E-state index in [0.717, 1.165) is 17.1 Å². The zero-order valence-corrected chi connectivity index (χ0v) is 28.4. The van der Waals surface area contributed by atoms with E-state index in [0.29, 0.717) is 24.0 Å². The van der Waals surface area contributed by atoms with Crippen LogP contribution in [0.15, 0.2) is 48.5 Å². The molecule has 2 aromatic carbocycles. The number of phenolic OH excluding ortho intramolecular Hbond substituents is 1. The van der Waals surface area contributed by atoms with Crippen molar-refractivity contribution < 1.29 is 29.0 Å². The molecule has 0 aromatic heterocycles. The first-order chi connectivity index (χ1) is 21.5. The molecule has 0 radical (unpaired) electrons. The number of nitrogens with zero attached hydrogens (tertiary/aromatic N) is 1. The second kappa shape index (κ2) is 16.5. The largest absolute Gasteiger partial charge is 0.507 e. The van der Waals surface area contributed by atoms with Crippen molar-refractivity contribution in [2.45, 2.75) is 82.2 Å². The first-order valence-corrected chi connectivity index (χ1v) is 17.9. The van der Waals surface area contributed by atoms with Crippen molar-refractivity contribution in [1.29, 1.82) is 0 Å². The molecule has 2 aliphatic rings. The number of hydrogen-bond donors (Lipinski definition) is 3. The predicted octanol–water partition coefficient (Wildman–Crippen LogP) is 5.85. The SMILES string of the molecule is COc1ccc(CC(SCC2CCCCC2)C(CNC(=O)c2ccccc2O)NC(=O)[C@@H]2CSCN2C(=O)OC(C)(C)C)cc1. The number of phenols is 1. The topological polar surface area (TPSA) is 117 Å². The van der Waals surface area contributed by atoms with E-state index in [4.69, 9.17) is 9.47 Å². The molecular formula is C34H47N3O6S2. The standard InChI is InChI=1S/C34H47N3O6S2/c1-34(2,3)43-33(41)37-22-44-21-28(37)32(40)36-27(19-35-31(39)26-12-8-9-13-29(26)38)30(45-20-24-10-6-5-7-11-24)18-23-14-16-25(42-4)17-15-23/h8-9,12-17,24,27-28,30,38H,5-7,10-11,18-22H2,1-4H3,(H,35,39)(H,36,40)/t27?,28-,30?/m0/s1. The first kappa shape index (κ1) is 34.8. The lowest BCUT2D eigenvalue weighted by atomic mass is 9.91. The van der Waals surface area contributed by atoms with Crippen molar-refractivity contribution in [2.75, 3.05) is 31.0 Å². The van der Waals surface area contributed by atoms with E-state index in [9.17, 15) is 19.5 Å². The van der Waals surface area contributed by atoms with Gasteiger partial charge >= 0.3 is 6.09 Å². The molecule has 0 spiro atoms. The molecule has 246 valence electrons. The number of carbonyl (C=O) groups excluding carboxylic acids is 3. The summed E-state index contributed by atoms with van der Waals surface area (Å²) in [5, 5.41) is 16.4. The van der Waals surface area contributed by atoms with Gasteiger partial charge in [0.25, 0.3) is 5.91 Å². The molecule has 3 atom stereocenters. The molecule has 1 saturated carbocycles. The van der Waals surface area contributed by atoms with E-state index in [1.807, 2.05) is 36.0 Å². The summed E-state index contributed by atoms with van der Waals surface area (Å²) in [6.45, 7) is 5.57. The quantitative estimate of drug-likeness (QED) is 0.260. The molecule has 2 unspecified atom stereocenters. The van der Waals surface area contributed by atoms with Gasteiger partial charge in [-0.15, -0.1) is 11.8 Å². The van der Waals surface area contributed by atoms with Crippen LogP contribution in [0.25, 0.3) is 0 Å². The first-order valence-electron chi connectivity index (χ1n) is 15.7. The summed E-state index contributed by atoms with van der Waals surface area (Å²) >= 11 is 3.34. The summed E-state index contributed by atoms with van der Waals surface area (Å²) in [6.07, 6.45) is 6.31. The van der Waals surface area contributed by atoms with Gasteiger partial charge in [-0.3, -0.25) is 14.5 Å². The average Bonchev–Trinajstić information content (AvgIpc) is 3.52. The minimum Gasteiger partial charge on any atom is -0.507 e. The number of ether oxygens (including phenoxy) is 2. The molecule has 3 amide bonds. The highest BCUT2D eigenvalue weighted by atomic mass is 32.2. The highest BCUT2D eigenvalue weighted by Gasteiger charge is 2.39. The molecular weight excluding hydrogens is 611 g/mol. The number of nitrogens with one attached hydrogen (secondary N) is 2. The Hall–Kier alpha value is -3.05. The van der Waals surface area contributed by atoms with Gasteiger partial charge in [-0.05, 0) is 81.5 Å². The maximum Gasteiger partial charge on any atom is 0.411 e. The monoisotopic (exact) mass is 657 g/mol. The summed E-state index contributed by atoms with van der Waals surface area (Å²) in [5.41, 5.74) is 0.586. The second-order valence-corrected chi connectivity index (χ2v) is 15.0. The lowest BCUT2D eigenvalue weighted by Gasteiger charge is -2.32. The van der Waals surface area contributed by atoms with Crippen molar-refractivity contribution in [3.8, 4) is 11.5 Å². The van der Waals surface area contributed by atoms with Crippen LogP contribution in [0.1, 0.15) is 68.8 Å². The number of amides is 3. The molecule has 1 aliphatic carbocycles. The molecule has 1 heterocycles. The van der Waals surface area contributed by atoms with Gasteiger partial charge in [-0.25, -0.2) is 4.79 Å². The van der Waals surface area contributed by atoms with E-state index in [1.54, 1.807) is 46.1 Å². The van der Waals surface area contributed by atoms with Crippen LogP contribution in [-0.2, 0) is 16.0 Å². The van der Waals surface area contributed by atoms with E-state index in [1.165, 1.54) is 54.8 Å². The smallest absolute Gasteiger partial charge is 0.411 e. The molecule has 45 heavy (non-hydrogen) atoms. The lowest BCUT2D eigenvalue weighted by Crippen LogP contribution is -2.56. The molecule has 2 fully saturated rings. The van der Waals surface area contributed by atoms with Gasteiger partial charge < -0.3 is 25.2 Å². The van der Waals surface area contributed by atoms with Gasteiger partial charge in [0.05, 0.1) is 24.6 Å². The summed E-state index contributed by atoms with van der Waals surface area (Å²) in [7, 11) is 1.64. The Labute approximate surface area is 275 Å². The Morgan fingerprint density at radius 2 is 1.78 bits per heavy atom. The van der Waals surface area contributed by atoms with Gasteiger partial charge in [0.15, 0.2) is 0 Å². The zero-order valence-electron chi connectivity index (χ0n) is 26.8. The zero-order chi connectivity index (χ0) is 32.4. The summed E-state index contributed by atoms with van der Waals surface area (Å²) in [5.74, 6) is 2.38. The van der Waals surface area contributed by atoms with Crippen molar-refractivity contribution in [2.24, 2.45) is 5.92 Å². The molecule has 9 nitrogen and oxygen atoms in total. The molecule has 0 bridgehead atoms. The molecule has 2 aromatic rings. The average molecular weight is 658 g/mol. The Morgan fingerprint density at radius 1 is 1.07 bits per heavy atom. The maximum absolute atomic E-state index is 13.9. The third-order valence-electron chi connectivity index (χ3n) is 8.09. The fraction of sp³-hybridized carbons (Fsp3) is 0.559. The van der Waals surface area contributed by atoms with Gasteiger partial charge in [-0.1, -0.05) is 43.5 Å². The number of para-hydroxylation sites is 1. The minimum absolute atomic E-state index is 0.0713. The summed E-state index contributed by atoms with van der Waals surface area (Å²) in [4.78, 5) is 41.5. The molecule has 11 heteroatoms. The van der Waals surface area contributed by atoms with Crippen molar-refractivity contribution in [3.63, 3.8) is 0 Å². The van der Waals surface area contributed by atoms with Crippen LogP contribution in [0.5, 0.6) is 11.5 Å². The van der Waals surface area contributed by atoms with Crippen molar-refractivity contribution in [3.05, 3.63) is 59.7 Å². The third-order valence-corrected chi connectivity index (χ3v) is 10.7. The molecule has 1 saturated heterocycles. The minimum atomic E-state index is -0.689. The number of hydrogen-bond acceptors (Lipinski definition) is 8. The van der Waals surface area contributed by atoms with E-state index in [-0.39, 0.29) is 29.0 Å². The lowest BCUT2D eigenvalue weighted by molar-refractivity contribution is -0.125. The Balaban J connectivity index is 1.57. The number of aromatic hydroxyl groups is 1. The predicted molar refractivity (Wildman–Crippen MR) is 181 cm³/mol. The second-order valence-electron chi connectivity index (χ2n) is 12.7. The highest BCUT2D eigenvalue weighted by Crippen LogP contribution is 2.31. The van der Waals surface area contributed by atoms with Crippen molar-refractivity contribution >= 4 is 41.4 Å². The van der Waals surface area contributed by atoms with E-state index < -0.39 is 29.7 Å². The van der Waals surface area contributed by atoms with Gasteiger partial charge in [-0.2, -0.15) is 11.8 Å². The maximum atomic E-state index is 13.9. The third kappa shape index (κ3) is 10.5. The van der Waals surface area contributed by atoms with E-state index >= 15 is 0 Å². The number of rotatable bonds is 12. The van der Waals surface area contributed by atoms with Crippen LogP contribution in [0, 0.1) is 5.92 Å².